The first kappa shape index (κ1) is 10.9. The van der Waals surface area contributed by atoms with Gasteiger partial charge in [0.05, 0.1) is 18.4 Å². The second-order valence-corrected chi connectivity index (χ2v) is 4.37. The number of aromatic nitrogens is 4. The summed E-state index contributed by atoms with van der Waals surface area (Å²) < 4.78 is 6.72. The Balaban J connectivity index is 1.73. The number of hydrogen-bond donors (Lipinski definition) is 0. The van der Waals surface area contributed by atoms with Crippen LogP contribution in [0.3, 0.4) is 0 Å². The summed E-state index contributed by atoms with van der Waals surface area (Å²) in [6.45, 7) is 3.10. The molecule has 0 N–H and O–H groups in total. The van der Waals surface area contributed by atoms with Crippen molar-refractivity contribution in [2.45, 2.75) is 19.4 Å². The molecule has 0 radical (unpaired) electrons. The number of aryl methyl sites for hydroxylation is 1. The van der Waals surface area contributed by atoms with E-state index in [1.165, 1.54) is 6.20 Å². The molecule has 1 aliphatic heterocycles. The number of hydrogen-bond acceptors (Lipinski definition) is 5. The van der Waals surface area contributed by atoms with Crippen LogP contribution in [0.4, 0.5) is 0 Å². The van der Waals surface area contributed by atoms with Crippen LogP contribution in [-0.4, -0.2) is 44.0 Å². The van der Waals surface area contributed by atoms with Crippen LogP contribution in [0.15, 0.2) is 23.1 Å². The highest BCUT2D eigenvalue weighted by atomic mass is 16.5. The molecule has 0 aliphatic carbocycles. The Morgan fingerprint density at radius 2 is 2.44 bits per heavy atom. The molecule has 1 fully saturated rings. The predicted octanol–water partition coefficient (Wildman–Crippen LogP) is 0.662. The SMILES string of the molecule is Cc1oncc1C(=O)N1CCC(n2ccnn2)C1. The third-order valence-corrected chi connectivity index (χ3v) is 3.25. The monoisotopic (exact) mass is 247 g/mol. The molecule has 0 bridgehead atoms. The lowest BCUT2D eigenvalue weighted by molar-refractivity contribution is 0.0785. The van der Waals surface area contributed by atoms with Crippen LogP contribution >= 0.6 is 0 Å². The fourth-order valence-corrected chi connectivity index (χ4v) is 2.23. The van der Waals surface area contributed by atoms with Gasteiger partial charge < -0.3 is 9.42 Å². The fourth-order valence-electron chi connectivity index (χ4n) is 2.23. The first-order valence-electron chi connectivity index (χ1n) is 5.82. The molecule has 0 spiro atoms. The lowest BCUT2D eigenvalue weighted by Gasteiger charge is -2.15. The van der Waals surface area contributed by atoms with E-state index in [4.69, 9.17) is 4.52 Å². The second-order valence-electron chi connectivity index (χ2n) is 4.37. The van der Waals surface area contributed by atoms with E-state index in [1.54, 1.807) is 22.7 Å². The van der Waals surface area contributed by atoms with Crippen molar-refractivity contribution in [3.8, 4) is 0 Å². The van der Waals surface area contributed by atoms with E-state index >= 15 is 0 Å². The van der Waals surface area contributed by atoms with E-state index in [1.807, 2.05) is 6.20 Å². The maximum absolute atomic E-state index is 12.2. The van der Waals surface area contributed by atoms with Crippen molar-refractivity contribution in [1.82, 2.24) is 25.1 Å². The van der Waals surface area contributed by atoms with Gasteiger partial charge in [-0.1, -0.05) is 10.4 Å². The van der Waals surface area contributed by atoms with Crippen LogP contribution in [0.25, 0.3) is 0 Å². The molecule has 3 rings (SSSR count). The molecule has 1 atom stereocenters. The van der Waals surface area contributed by atoms with E-state index in [-0.39, 0.29) is 11.9 Å². The van der Waals surface area contributed by atoms with Gasteiger partial charge in [0.2, 0.25) is 0 Å². The Labute approximate surface area is 103 Å². The molecule has 1 saturated heterocycles. The minimum Gasteiger partial charge on any atom is -0.361 e. The third kappa shape index (κ3) is 1.77. The van der Waals surface area contributed by atoms with E-state index in [2.05, 4.69) is 15.5 Å². The standard InChI is InChI=1S/C11H13N5O2/c1-8-10(6-13-18-8)11(17)15-4-2-9(7-15)16-5-3-12-14-16/h3,5-6,9H,2,4,7H2,1H3. The lowest BCUT2D eigenvalue weighted by Crippen LogP contribution is -2.29. The summed E-state index contributed by atoms with van der Waals surface area (Å²) in [6.07, 6.45) is 5.83. The van der Waals surface area contributed by atoms with E-state index in [0.29, 0.717) is 24.4 Å². The lowest BCUT2D eigenvalue weighted by atomic mass is 10.2. The van der Waals surface area contributed by atoms with Gasteiger partial charge in [-0.2, -0.15) is 0 Å². The van der Waals surface area contributed by atoms with Crippen molar-refractivity contribution < 1.29 is 9.32 Å². The summed E-state index contributed by atoms with van der Waals surface area (Å²) in [5.74, 6) is 0.528. The number of amides is 1. The van der Waals surface area contributed by atoms with Gasteiger partial charge in [0.25, 0.3) is 5.91 Å². The minimum absolute atomic E-state index is 0.0311. The third-order valence-electron chi connectivity index (χ3n) is 3.25. The Hall–Kier alpha value is -2.18. The summed E-state index contributed by atoms with van der Waals surface area (Å²) in [4.78, 5) is 14.0. The molecule has 1 unspecified atom stereocenters. The average Bonchev–Trinajstić information content (AvgIpc) is 3.09. The maximum Gasteiger partial charge on any atom is 0.259 e. The highest BCUT2D eigenvalue weighted by Crippen LogP contribution is 2.22. The normalized spacial score (nSPS) is 19.4. The zero-order valence-corrected chi connectivity index (χ0v) is 9.98. The van der Waals surface area contributed by atoms with Gasteiger partial charge >= 0.3 is 0 Å². The molecule has 7 nitrogen and oxygen atoms in total. The Morgan fingerprint density at radius 1 is 1.56 bits per heavy atom. The Bertz CT molecular complexity index is 548. The first-order valence-corrected chi connectivity index (χ1v) is 5.82. The number of rotatable bonds is 2. The molecular formula is C11H13N5O2. The van der Waals surface area contributed by atoms with Crippen molar-refractivity contribution in [1.29, 1.82) is 0 Å². The van der Waals surface area contributed by atoms with Crippen LogP contribution in [0, 0.1) is 6.92 Å². The van der Waals surface area contributed by atoms with Gasteiger partial charge in [0.1, 0.15) is 11.3 Å². The number of likely N-dealkylation sites (tertiary alicyclic amines) is 1. The molecule has 1 amide bonds. The second kappa shape index (κ2) is 4.25. The van der Waals surface area contributed by atoms with Crippen LogP contribution in [0.5, 0.6) is 0 Å². The van der Waals surface area contributed by atoms with Crippen LogP contribution in [-0.2, 0) is 0 Å². The Kier molecular flexibility index (Phi) is 2.58. The average molecular weight is 247 g/mol. The molecule has 3 heterocycles. The topological polar surface area (TPSA) is 77.0 Å². The Morgan fingerprint density at radius 3 is 3.11 bits per heavy atom. The molecule has 7 heteroatoms. The maximum atomic E-state index is 12.2. The smallest absolute Gasteiger partial charge is 0.259 e. The van der Waals surface area contributed by atoms with Crippen molar-refractivity contribution in [3.05, 3.63) is 29.9 Å². The predicted molar refractivity (Wildman–Crippen MR) is 60.8 cm³/mol. The molecule has 0 saturated carbocycles. The molecule has 0 aromatic carbocycles. The number of carbonyl (C=O) groups excluding carboxylic acids is 1. The van der Waals surface area contributed by atoms with Crippen molar-refractivity contribution >= 4 is 5.91 Å². The summed E-state index contributed by atoms with van der Waals surface area (Å²) in [6, 6.07) is 0.205. The molecule has 18 heavy (non-hydrogen) atoms. The quantitative estimate of drug-likeness (QED) is 0.779. The zero-order valence-electron chi connectivity index (χ0n) is 9.98. The van der Waals surface area contributed by atoms with Gasteiger partial charge in [0.15, 0.2) is 0 Å². The first-order chi connectivity index (χ1) is 8.75. The number of carbonyl (C=O) groups is 1. The number of nitrogens with zero attached hydrogens (tertiary/aromatic N) is 5. The van der Waals surface area contributed by atoms with E-state index in [0.717, 1.165) is 6.42 Å². The molecule has 2 aromatic heterocycles. The van der Waals surface area contributed by atoms with E-state index < -0.39 is 0 Å². The van der Waals surface area contributed by atoms with Crippen LogP contribution in [0.2, 0.25) is 0 Å². The summed E-state index contributed by atoms with van der Waals surface area (Å²) in [5, 5.41) is 11.4. The molecular weight excluding hydrogens is 234 g/mol. The van der Waals surface area contributed by atoms with Crippen molar-refractivity contribution in [3.63, 3.8) is 0 Å². The van der Waals surface area contributed by atoms with Crippen molar-refractivity contribution in [2.24, 2.45) is 0 Å². The summed E-state index contributed by atoms with van der Waals surface area (Å²) in [7, 11) is 0. The highest BCUT2D eigenvalue weighted by Gasteiger charge is 2.30. The van der Waals surface area contributed by atoms with Crippen LogP contribution < -0.4 is 0 Å². The largest absolute Gasteiger partial charge is 0.361 e. The van der Waals surface area contributed by atoms with Gasteiger partial charge in [-0.3, -0.25) is 4.79 Å². The molecule has 2 aromatic rings. The van der Waals surface area contributed by atoms with Gasteiger partial charge in [-0.15, -0.1) is 5.10 Å². The fraction of sp³-hybridized carbons (Fsp3) is 0.455. The highest BCUT2D eigenvalue weighted by molar-refractivity contribution is 5.94. The minimum atomic E-state index is -0.0311. The summed E-state index contributed by atoms with van der Waals surface area (Å²) >= 11 is 0. The van der Waals surface area contributed by atoms with E-state index in [9.17, 15) is 4.79 Å². The molecule has 1 aliphatic rings. The van der Waals surface area contributed by atoms with Crippen LogP contribution in [0.1, 0.15) is 28.6 Å². The van der Waals surface area contributed by atoms with Gasteiger partial charge in [-0.25, -0.2) is 4.68 Å². The molecule has 94 valence electrons. The van der Waals surface area contributed by atoms with Gasteiger partial charge in [-0.05, 0) is 13.3 Å². The summed E-state index contributed by atoms with van der Waals surface area (Å²) in [5.41, 5.74) is 0.536. The van der Waals surface area contributed by atoms with Gasteiger partial charge in [0, 0.05) is 19.3 Å². The zero-order chi connectivity index (χ0) is 12.5. The van der Waals surface area contributed by atoms with Crippen molar-refractivity contribution in [2.75, 3.05) is 13.1 Å².